The maximum absolute atomic E-state index is 13.3. The second-order valence-electron chi connectivity index (χ2n) is 7.34. The molecule has 0 N–H and O–H groups in total. The van der Waals surface area contributed by atoms with E-state index in [0.717, 1.165) is 16.6 Å². The summed E-state index contributed by atoms with van der Waals surface area (Å²) in [5, 5.41) is 0.648. The molecule has 0 saturated heterocycles. The maximum Gasteiger partial charge on any atom is 0.260 e. The van der Waals surface area contributed by atoms with Crippen LogP contribution in [0, 0.1) is 0 Å². The number of anilines is 1. The van der Waals surface area contributed by atoms with E-state index in [1.54, 1.807) is 24.0 Å². The average molecular weight is 482 g/mol. The van der Waals surface area contributed by atoms with Gasteiger partial charge in [-0.2, -0.15) is 0 Å². The Morgan fingerprint density at radius 3 is 2.29 bits per heavy atom. The first kappa shape index (κ1) is 25.3. The number of fused-ring (bicyclic) bond motifs is 1. The minimum Gasteiger partial charge on any atom is -0.308 e. The van der Waals surface area contributed by atoms with E-state index in [0.29, 0.717) is 23.8 Å². The average Bonchev–Trinajstić information content (AvgIpc) is 3.16. The van der Waals surface area contributed by atoms with Gasteiger partial charge in [0.2, 0.25) is 0 Å². The Hall–Kier alpha value is -2.00. The van der Waals surface area contributed by atoms with E-state index in [2.05, 4.69) is 19.1 Å². The number of aryl methyl sites for hydroxylation is 1. The van der Waals surface area contributed by atoms with E-state index in [4.69, 9.17) is 4.98 Å². The highest BCUT2D eigenvalue weighted by Crippen LogP contribution is 2.30. The Bertz CT molecular complexity index is 1140. The Labute approximate surface area is 194 Å². The second kappa shape index (κ2) is 10.5. The van der Waals surface area contributed by atoms with Crippen LogP contribution in [-0.2, 0) is 16.3 Å². The molecule has 0 unspecified atom stereocenters. The van der Waals surface area contributed by atoms with Crippen molar-refractivity contribution >= 4 is 54.8 Å². The molecule has 0 aliphatic heterocycles. The lowest BCUT2D eigenvalue weighted by Gasteiger charge is -2.22. The Morgan fingerprint density at radius 1 is 1.03 bits per heavy atom. The number of carbonyl (C=O) groups is 1. The first-order chi connectivity index (χ1) is 14.2. The highest BCUT2D eigenvalue weighted by Gasteiger charge is 2.22. The number of sulfone groups is 1. The molecular weight excluding hydrogens is 454 g/mol. The van der Waals surface area contributed by atoms with Crippen molar-refractivity contribution in [2.45, 2.75) is 25.2 Å². The summed E-state index contributed by atoms with van der Waals surface area (Å²) in [7, 11) is 0.614. The van der Waals surface area contributed by atoms with Crippen LogP contribution in [0.4, 0.5) is 5.13 Å². The van der Waals surface area contributed by atoms with E-state index in [1.807, 2.05) is 25.1 Å². The van der Waals surface area contributed by atoms with Crippen molar-refractivity contribution in [2.75, 3.05) is 37.8 Å². The van der Waals surface area contributed by atoms with Crippen LogP contribution in [0.5, 0.6) is 0 Å². The van der Waals surface area contributed by atoms with E-state index < -0.39 is 9.84 Å². The monoisotopic (exact) mass is 481 g/mol. The third kappa shape index (κ3) is 5.83. The SMILES string of the molecule is CCc1ccc2nc(N(CCN(C)C)C(=O)c3ccc(S(=O)(=O)CC)cc3)sc2c1.Cl. The van der Waals surface area contributed by atoms with Gasteiger partial charge in [0.05, 0.1) is 20.9 Å². The first-order valence-corrected chi connectivity index (χ1v) is 12.4. The molecule has 0 spiro atoms. The molecule has 1 aromatic heterocycles. The van der Waals surface area contributed by atoms with Crippen molar-refractivity contribution < 1.29 is 13.2 Å². The highest BCUT2D eigenvalue weighted by atomic mass is 35.5. The highest BCUT2D eigenvalue weighted by molar-refractivity contribution is 7.91. The number of benzene rings is 2. The van der Waals surface area contributed by atoms with Gasteiger partial charge in [-0.1, -0.05) is 31.3 Å². The van der Waals surface area contributed by atoms with Gasteiger partial charge in [-0.15, -0.1) is 12.4 Å². The van der Waals surface area contributed by atoms with Crippen LogP contribution < -0.4 is 4.90 Å². The molecule has 2 aromatic carbocycles. The summed E-state index contributed by atoms with van der Waals surface area (Å²) in [5.74, 6) is -0.159. The molecule has 0 bridgehead atoms. The Morgan fingerprint density at radius 2 is 1.71 bits per heavy atom. The fraction of sp³-hybridized carbons (Fsp3) is 0.364. The van der Waals surface area contributed by atoms with Crippen LogP contribution in [0.1, 0.15) is 29.8 Å². The Balaban J connectivity index is 0.00000341. The first-order valence-electron chi connectivity index (χ1n) is 9.94. The number of likely N-dealkylation sites (N-methyl/N-ethyl adjacent to an activating group) is 1. The molecule has 3 rings (SSSR count). The fourth-order valence-corrected chi connectivity index (χ4v) is 4.94. The summed E-state index contributed by atoms with van der Waals surface area (Å²) in [6, 6.07) is 12.3. The second-order valence-corrected chi connectivity index (χ2v) is 10.6. The predicted octanol–water partition coefficient (Wildman–Crippen LogP) is 4.28. The summed E-state index contributed by atoms with van der Waals surface area (Å²) in [5.41, 5.74) is 2.55. The summed E-state index contributed by atoms with van der Waals surface area (Å²) in [6.07, 6.45) is 0.944. The van der Waals surface area contributed by atoms with Crippen molar-refractivity contribution in [1.29, 1.82) is 0 Å². The summed E-state index contributed by atoms with van der Waals surface area (Å²) in [6.45, 7) is 4.89. The van der Waals surface area contributed by atoms with Crippen LogP contribution in [0.25, 0.3) is 10.2 Å². The number of thiazole rings is 1. The largest absolute Gasteiger partial charge is 0.308 e. The predicted molar refractivity (Wildman–Crippen MR) is 131 cm³/mol. The quantitative estimate of drug-likeness (QED) is 0.480. The van der Waals surface area contributed by atoms with Crippen LogP contribution >= 0.6 is 23.7 Å². The number of rotatable bonds is 8. The minimum absolute atomic E-state index is 0. The number of aromatic nitrogens is 1. The molecule has 1 heterocycles. The molecule has 0 aliphatic carbocycles. The third-order valence-electron chi connectivity index (χ3n) is 4.94. The van der Waals surface area contributed by atoms with Crippen LogP contribution in [0.2, 0.25) is 0 Å². The standard InChI is InChI=1S/C22H27N3O3S2.ClH/c1-5-16-7-12-19-20(15-16)29-22(23-19)25(14-13-24(3)4)21(26)17-8-10-18(11-9-17)30(27,28)6-2;/h7-12,15H,5-6,13-14H2,1-4H3;1H. The van der Waals surface area contributed by atoms with E-state index in [1.165, 1.54) is 29.0 Å². The minimum atomic E-state index is -3.30. The van der Waals surface area contributed by atoms with Gasteiger partial charge in [-0.25, -0.2) is 13.4 Å². The number of nitrogens with zero attached hydrogens (tertiary/aromatic N) is 3. The van der Waals surface area contributed by atoms with Crippen molar-refractivity contribution in [3.63, 3.8) is 0 Å². The molecule has 0 fully saturated rings. The lowest BCUT2D eigenvalue weighted by Crippen LogP contribution is -2.36. The summed E-state index contributed by atoms with van der Waals surface area (Å²) in [4.78, 5) is 21.9. The molecule has 0 radical (unpaired) electrons. The van der Waals surface area contributed by atoms with Gasteiger partial charge >= 0.3 is 0 Å². The number of hydrogen-bond acceptors (Lipinski definition) is 6. The van der Waals surface area contributed by atoms with Gasteiger partial charge in [-0.05, 0) is 62.5 Å². The van der Waals surface area contributed by atoms with E-state index >= 15 is 0 Å². The van der Waals surface area contributed by atoms with Crippen molar-refractivity contribution in [3.8, 4) is 0 Å². The van der Waals surface area contributed by atoms with Crippen LogP contribution in [0.3, 0.4) is 0 Å². The molecule has 0 atom stereocenters. The molecule has 9 heteroatoms. The van der Waals surface area contributed by atoms with Crippen molar-refractivity contribution in [2.24, 2.45) is 0 Å². The zero-order valence-electron chi connectivity index (χ0n) is 18.2. The van der Waals surface area contributed by atoms with Gasteiger partial charge < -0.3 is 4.90 Å². The molecule has 0 aliphatic rings. The number of amides is 1. The zero-order valence-corrected chi connectivity index (χ0v) is 20.6. The lowest BCUT2D eigenvalue weighted by molar-refractivity contribution is 0.0985. The summed E-state index contributed by atoms with van der Waals surface area (Å²) >= 11 is 1.50. The molecule has 3 aromatic rings. The van der Waals surface area contributed by atoms with Gasteiger partial charge in [0.15, 0.2) is 15.0 Å². The molecule has 0 saturated carbocycles. The molecule has 1 amide bonds. The van der Waals surface area contributed by atoms with Crippen LogP contribution in [-0.4, -0.2) is 57.1 Å². The van der Waals surface area contributed by atoms with Crippen molar-refractivity contribution in [1.82, 2.24) is 9.88 Å². The lowest BCUT2D eigenvalue weighted by atomic mass is 10.2. The third-order valence-corrected chi connectivity index (χ3v) is 7.73. The number of hydrogen-bond donors (Lipinski definition) is 0. The number of halogens is 1. The van der Waals surface area contributed by atoms with Crippen LogP contribution in [0.15, 0.2) is 47.4 Å². The van der Waals surface area contributed by atoms with Gasteiger partial charge in [0.25, 0.3) is 5.91 Å². The van der Waals surface area contributed by atoms with E-state index in [-0.39, 0.29) is 29.0 Å². The van der Waals surface area contributed by atoms with Gasteiger partial charge in [0, 0.05) is 18.7 Å². The Kier molecular flexibility index (Phi) is 8.59. The fourth-order valence-electron chi connectivity index (χ4n) is 3.00. The normalized spacial score (nSPS) is 11.5. The van der Waals surface area contributed by atoms with E-state index in [9.17, 15) is 13.2 Å². The number of carbonyl (C=O) groups excluding carboxylic acids is 1. The van der Waals surface area contributed by atoms with Gasteiger partial charge in [-0.3, -0.25) is 9.69 Å². The van der Waals surface area contributed by atoms with Gasteiger partial charge in [0.1, 0.15) is 0 Å². The maximum atomic E-state index is 13.3. The summed E-state index contributed by atoms with van der Waals surface area (Å²) < 4.78 is 25.2. The topological polar surface area (TPSA) is 70.6 Å². The van der Waals surface area contributed by atoms with Crippen molar-refractivity contribution in [3.05, 3.63) is 53.6 Å². The molecule has 168 valence electrons. The molecular formula is C22H28ClN3O3S2. The smallest absolute Gasteiger partial charge is 0.260 e. The molecule has 6 nitrogen and oxygen atoms in total. The zero-order chi connectivity index (χ0) is 21.9. The molecule has 31 heavy (non-hydrogen) atoms.